The Bertz CT molecular complexity index is 1010. The number of carbonyl (C=O) groups excluding carboxylic acids is 1. The van der Waals surface area contributed by atoms with E-state index in [4.69, 9.17) is 4.74 Å². The van der Waals surface area contributed by atoms with Crippen LogP contribution in [0, 0.1) is 0 Å². The summed E-state index contributed by atoms with van der Waals surface area (Å²) in [6.07, 6.45) is 2.78. The van der Waals surface area contributed by atoms with Crippen LogP contribution < -0.4 is 9.64 Å². The van der Waals surface area contributed by atoms with Crippen molar-refractivity contribution < 1.29 is 17.9 Å². The second-order valence-corrected chi connectivity index (χ2v) is 9.88. The zero-order chi connectivity index (χ0) is 21.8. The molecule has 2 saturated heterocycles. The zero-order valence-corrected chi connectivity index (χ0v) is 18.7. The van der Waals surface area contributed by atoms with E-state index in [0.717, 1.165) is 38.0 Å². The van der Waals surface area contributed by atoms with Crippen LogP contribution in [0.3, 0.4) is 0 Å². The van der Waals surface area contributed by atoms with Gasteiger partial charge in [0.2, 0.25) is 10.0 Å². The summed E-state index contributed by atoms with van der Waals surface area (Å²) in [6, 6.07) is 14.7. The number of methoxy groups -OCH3 is 1. The Morgan fingerprint density at radius 3 is 2.19 bits per heavy atom. The summed E-state index contributed by atoms with van der Waals surface area (Å²) >= 11 is 0. The van der Waals surface area contributed by atoms with Crippen molar-refractivity contribution in [2.75, 3.05) is 51.3 Å². The highest BCUT2D eigenvalue weighted by molar-refractivity contribution is 7.89. The first-order chi connectivity index (χ1) is 15.0. The third-order valence-corrected chi connectivity index (χ3v) is 7.94. The maximum atomic E-state index is 13.3. The van der Waals surface area contributed by atoms with Gasteiger partial charge in [0.05, 0.1) is 17.6 Å². The van der Waals surface area contributed by atoms with E-state index in [2.05, 4.69) is 17.0 Å². The topological polar surface area (TPSA) is 70.2 Å². The Kier molecular flexibility index (Phi) is 6.48. The minimum Gasteiger partial charge on any atom is -0.496 e. The predicted octanol–water partition coefficient (Wildman–Crippen LogP) is 2.83. The molecule has 0 saturated carbocycles. The van der Waals surface area contributed by atoms with Crippen LogP contribution >= 0.6 is 0 Å². The number of nitrogens with zero attached hydrogens (tertiary/aromatic N) is 3. The second-order valence-electron chi connectivity index (χ2n) is 7.94. The summed E-state index contributed by atoms with van der Waals surface area (Å²) in [5.41, 5.74) is 1.44. The van der Waals surface area contributed by atoms with E-state index in [1.165, 1.54) is 23.5 Å². The van der Waals surface area contributed by atoms with E-state index in [-0.39, 0.29) is 10.8 Å². The molecule has 1 amide bonds. The molecular weight excluding hydrogens is 414 g/mol. The van der Waals surface area contributed by atoms with Gasteiger partial charge in [-0.05, 0) is 43.2 Å². The highest BCUT2D eigenvalue weighted by Crippen LogP contribution is 2.28. The van der Waals surface area contributed by atoms with E-state index in [1.54, 1.807) is 11.0 Å². The Hall–Kier alpha value is -2.58. The minimum atomic E-state index is -3.62. The van der Waals surface area contributed by atoms with Gasteiger partial charge >= 0.3 is 0 Å². The number of para-hydroxylation sites is 1. The van der Waals surface area contributed by atoms with Crippen molar-refractivity contribution in [1.82, 2.24) is 9.21 Å². The molecule has 0 spiro atoms. The number of benzene rings is 2. The molecule has 4 rings (SSSR count). The minimum absolute atomic E-state index is 0.154. The molecule has 2 aliphatic rings. The summed E-state index contributed by atoms with van der Waals surface area (Å²) in [6.45, 7) is 3.64. The summed E-state index contributed by atoms with van der Waals surface area (Å²) in [7, 11) is -2.12. The molecule has 31 heavy (non-hydrogen) atoms. The van der Waals surface area contributed by atoms with Crippen LogP contribution in [0.4, 0.5) is 5.69 Å². The van der Waals surface area contributed by atoms with Gasteiger partial charge in [-0.25, -0.2) is 8.42 Å². The van der Waals surface area contributed by atoms with E-state index >= 15 is 0 Å². The number of piperidine rings is 1. The summed E-state index contributed by atoms with van der Waals surface area (Å²) in [5, 5.41) is 0. The van der Waals surface area contributed by atoms with Crippen molar-refractivity contribution >= 4 is 21.6 Å². The molecule has 0 bridgehead atoms. The van der Waals surface area contributed by atoms with Gasteiger partial charge in [-0.15, -0.1) is 0 Å². The first-order valence-electron chi connectivity index (χ1n) is 10.8. The molecule has 2 aliphatic heterocycles. The number of sulfonamides is 1. The van der Waals surface area contributed by atoms with E-state index in [1.807, 2.05) is 18.2 Å². The van der Waals surface area contributed by atoms with E-state index < -0.39 is 10.0 Å². The second kappa shape index (κ2) is 9.28. The van der Waals surface area contributed by atoms with E-state index in [9.17, 15) is 13.2 Å². The molecule has 8 heteroatoms. The average Bonchev–Trinajstić information content (AvgIpc) is 2.84. The largest absolute Gasteiger partial charge is 0.496 e. The lowest BCUT2D eigenvalue weighted by atomic mass is 10.1. The lowest BCUT2D eigenvalue weighted by Gasteiger charge is -2.36. The Morgan fingerprint density at radius 1 is 0.871 bits per heavy atom. The first-order valence-corrected chi connectivity index (χ1v) is 12.2. The molecule has 166 valence electrons. The van der Waals surface area contributed by atoms with Gasteiger partial charge in [-0.1, -0.05) is 24.6 Å². The molecule has 0 radical (unpaired) electrons. The fourth-order valence-electron chi connectivity index (χ4n) is 4.25. The molecule has 0 aliphatic carbocycles. The van der Waals surface area contributed by atoms with Crippen LogP contribution in [0.5, 0.6) is 5.75 Å². The van der Waals surface area contributed by atoms with Gasteiger partial charge in [-0.2, -0.15) is 4.31 Å². The molecular formula is C23H29N3O4S. The number of piperazine rings is 1. The molecule has 2 aromatic rings. The van der Waals surface area contributed by atoms with Crippen molar-refractivity contribution in [1.29, 1.82) is 0 Å². The monoisotopic (exact) mass is 443 g/mol. The lowest BCUT2D eigenvalue weighted by Crippen LogP contribution is -2.48. The number of carbonyl (C=O) groups is 1. The maximum absolute atomic E-state index is 13.3. The molecule has 0 unspecified atom stereocenters. The highest BCUT2D eigenvalue weighted by Gasteiger charge is 2.29. The molecule has 0 atom stereocenters. The van der Waals surface area contributed by atoms with Gasteiger partial charge < -0.3 is 14.5 Å². The number of hydrogen-bond donors (Lipinski definition) is 0. The Labute approximate surface area is 184 Å². The van der Waals surface area contributed by atoms with Gasteiger partial charge in [0.1, 0.15) is 5.75 Å². The van der Waals surface area contributed by atoms with Gasteiger partial charge in [0.25, 0.3) is 5.91 Å². The first kappa shape index (κ1) is 21.6. The van der Waals surface area contributed by atoms with Crippen molar-refractivity contribution in [2.45, 2.75) is 24.2 Å². The number of ether oxygens (including phenoxy) is 1. The smallest absolute Gasteiger partial charge is 0.257 e. The standard InChI is InChI=1S/C23H29N3O4S/c1-30-22-11-10-20(31(28,29)26-12-6-3-7-13-26)18-21(22)23(27)25-16-14-24(15-17-25)19-8-4-2-5-9-19/h2,4-5,8-11,18H,3,6-7,12-17H2,1H3. The number of rotatable bonds is 5. The molecule has 2 aromatic carbocycles. The molecule has 0 aromatic heterocycles. The Morgan fingerprint density at radius 2 is 1.55 bits per heavy atom. The maximum Gasteiger partial charge on any atom is 0.257 e. The van der Waals surface area contributed by atoms with Crippen LogP contribution in [0.25, 0.3) is 0 Å². The summed E-state index contributed by atoms with van der Waals surface area (Å²) in [5.74, 6) is 0.202. The third-order valence-electron chi connectivity index (χ3n) is 6.04. The quantitative estimate of drug-likeness (QED) is 0.711. The van der Waals surface area contributed by atoms with E-state index in [0.29, 0.717) is 37.5 Å². The summed E-state index contributed by atoms with van der Waals surface area (Å²) in [4.78, 5) is 17.5. The SMILES string of the molecule is COc1ccc(S(=O)(=O)N2CCCCC2)cc1C(=O)N1CCN(c2ccccc2)CC1. The zero-order valence-electron chi connectivity index (χ0n) is 17.9. The van der Waals surface area contributed by atoms with Crippen LogP contribution in [-0.2, 0) is 10.0 Å². The number of hydrogen-bond acceptors (Lipinski definition) is 5. The lowest BCUT2D eigenvalue weighted by molar-refractivity contribution is 0.0743. The van der Waals surface area contributed by atoms with Gasteiger partial charge in [-0.3, -0.25) is 4.79 Å². The van der Waals surface area contributed by atoms with Crippen LogP contribution in [0.2, 0.25) is 0 Å². The van der Waals surface area contributed by atoms with Crippen molar-refractivity contribution in [3.05, 3.63) is 54.1 Å². The summed E-state index contributed by atoms with van der Waals surface area (Å²) < 4.78 is 33.1. The van der Waals surface area contributed by atoms with Crippen LogP contribution in [0.15, 0.2) is 53.4 Å². The Balaban J connectivity index is 1.53. The molecule has 2 heterocycles. The average molecular weight is 444 g/mol. The van der Waals surface area contributed by atoms with Crippen molar-refractivity contribution in [3.63, 3.8) is 0 Å². The van der Waals surface area contributed by atoms with Crippen LogP contribution in [-0.4, -0.2) is 69.9 Å². The van der Waals surface area contributed by atoms with Gasteiger partial charge in [0.15, 0.2) is 0 Å². The normalized spacial score (nSPS) is 18.1. The number of anilines is 1. The van der Waals surface area contributed by atoms with Crippen molar-refractivity contribution in [2.24, 2.45) is 0 Å². The third kappa shape index (κ3) is 4.55. The molecule has 0 N–H and O–H groups in total. The van der Waals surface area contributed by atoms with Crippen molar-refractivity contribution in [3.8, 4) is 5.75 Å². The molecule has 2 fully saturated rings. The number of amides is 1. The predicted molar refractivity (Wildman–Crippen MR) is 120 cm³/mol. The highest BCUT2D eigenvalue weighted by atomic mass is 32.2. The fourth-order valence-corrected chi connectivity index (χ4v) is 5.79. The fraction of sp³-hybridized carbons (Fsp3) is 0.435. The molecule has 7 nitrogen and oxygen atoms in total. The van der Waals surface area contributed by atoms with Crippen LogP contribution in [0.1, 0.15) is 29.6 Å². The van der Waals surface area contributed by atoms with Gasteiger partial charge in [0, 0.05) is 45.0 Å².